The molecule has 1 unspecified atom stereocenters. The van der Waals surface area contributed by atoms with Crippen molar-refractivity contribution in [3.8, 4) is 5.75 Å². The fourth-order valence-electron chi connectivity index (χ4n) is 4.44. The number of fused-ring (bicyclic) bond motifs is 1. The average molecular weight is 506 g/mol. The van der Waals surface area contributed by atoms with E-state index in [1.807, 2.05) is 67.5 Å². The number of rotatable bonds is 9. The van der Waals surface area contributed by atoms with Gasteiger partial charge in [0.1, 0.15) is 5.75 Å². The molecule has 9 heteroatoms. The number of pyridine rings is 1. The zero-order valence-corrected chi connectivity index (χ0v) is 21.8. The second-order valence-corrected chi connectivity index (χ2v) is 9.26. The molecule has 2 aliphatic rings. The molecule has 3 heterocycles. The quantitative estimate of drug-likeness (QED) is 0.549. The summed E-state index contributed by atoms with van der Waals surface area (Å²) in [6.07, 6.45) is 3.59. The van der Waals surface area contributed by atoms with Gasteiger partial charge in [0, 0.05) is 43.3 Å². The molecular weight excluding hydrogens is 474 g/mol. The largest absolute Gasteiger partial charge is 0.496 e. The number of methoxy groups -OCH3 is 1. The van der Waals surface area contributed by atoms with Gasteiger partial charge in [-0.15, -0.1) is 0 Å². The van der Waals surface area contributed by atoms with Crippen molar-refractivity contribution >= 4 is 28.7 Å². The van der Waals surface area contributed by atoms with Crippen LogP contribution in [0.4, 0.5) is 0 Å². The molecule has 2 amide bonds. The highest BCUT2D eigenvalue weighted by atomic mass is 32.2. The average Bonchev–Trinajstić information content (AvgIpc) is 3.29. The van der Waals surface area contributed by atoms with Crippen LogP contribution in [0.2, 0.25) is 0 Å². The van der Waals surface area contributed by atoms with Gasteiger partial charge in [0.15, 0.2) is 5.17 Å². The number of nitrogens with one attached hydrogen (secondary N) is 1. The van der Waals surface area contributed by atoms with Crippen molar-refractivity contribution in [1.82, 2.24) is 20.1 Å². The molecule has 0 spiro atoms. The maximum absolute atomic E-state index is 13.8. The van der Waals surface area contributed by atoms with E-state index in [0.717, 1.165) is 22.0 Å². The first kappa shape index (κ1) is 25.5. The summed E-state index contributed by atoms with van der Waals surface area (Å²) in [4.78, 5) is 39.4. The van der Waals surface area contributed by atoms with E-state index >= 15 is 0 Å². The molecule has 2 aromatic rings. The molecule has 0 bridgehead atoms. The van der Waals surface area contributed by atoms with Gasteiger partial charge in [-0.3, -0.25) is 14.6 Å². The fraction of sp³-hybridized carbons (Fsp3) is 0.333. The lowest BCUT2D eigenvalue weighted by atomic mass is 9.92. The lowest BCUT2D eigenvalue weighted by Gasteiger charge is -2.38. The Morgan fingerprint density at radius 1 is 1.17 bits per heavy atom. The Kier molecular flexibility index (Phi) is 8.10. The number of thioether (sulfide) groups is 1. The number of amidine groups is 1. The molecule has 1 N–H and O–H groups in total. The Balaban J connectivity index is 1.68. The number of hydrogen-bond acceptors (Lipinski definition) is 7. The zero-order valence-electron chi connectivity index (χ0n) is 21.0. The molecule has 4 rings (SSSR count). The predicted molar refractivity (Wildman–Crippen MR) is 142 cm³/mol. The molecular formula is C27H31N5O3S. The summed E-state index contributed by atoms with van der Waals surface area (Å²) < 4.78 is 5.70. The van der Waals surface area contributed by atoms with Crippen molar-refractivity contribution < 1.29 is 14.3 Å². The number of carbonyl (C=O) groups is 2. The number of amides is 2. The Hall–Kier alpha value is -3.59. The van der Waals surface area contributed by atoms with Crippen molar-refractivity contribution in [1.29, 1.82) is 0 Å². The van der Waals surface area contributed by atoms with Gasteiger partial charge in [-0.2, -0.15) is 0 Å². The number of nitrogens with zero attached hydrogens (tertiary/aromatic N) is 4. The number of allylic oxidation sites excluding steroid dienone is 1. The van der Waals surface area contributed by atoms with E-state index in [1.165, 1.54) is 11.8 Å². The van der Waals surface area contributed by atoms with Crippen LogP contribution < -0.4 is 10.1 Å². The van der Waals surface area contributed by atoms with Crippen molar-refractivity contribution in [3.05, 3.63) is 82.3 Å². The van der Waals surface area contributed by atoms with Crippen molar-refractivity contribution in [2.45, 2.75) is 39.8 Å². The highest BCUT2D eigenvalue weighted by Gasteiger charge is 2.42. The number of para-hydroxylation sites is 1. The molecule has 0 fully saturated rings. The van der Waals surface area contributed by atoms with Gasteiger partial charge in [-0.25, -0.2) is 4.99 Å². The maximum atomic E-state index is 13.8. The minimum absolute atomic E-state index is 0.0616. The number of ether oxygens (including phenoxy) is 1. The lowest BCUT2D eigenvalue weighted by molar-refractivity contribution is -0.127. The van der Waals surface area contributed by atoms with E-state index < -0.39 is 6.04 Å². The van der Waals surface area contributed by atoms with Crippen LogP contribution in [0.25, 0.3) is 0 Å². The van der Waals surface area contributed by atoms with Crippen LogP contribution in [0.3, 0.4) is 0 Å². The summed E-state index contributed by atoms with van der Waals surface area (Å²) in [5.74, 6) is 0.501. The Labute approximate surface area is 216 Å². The molecule has 36 heavy (non-hydrogen) atoms. The molecule has 1 atom stereocenters. The molecule has 0 aliphatic carbocycles. The third-order valence-corrected chi connectivity index (χ3v) is 7.16. The lowest BCUT2D eigenvalue weighted by Crippen LogP contribution is -2.42. The second-order valence-electron chi connectivity index (χ2n) is 8.43. The van der Waals surface area contributed by atoms with Crippen LogP contribution in [-0.2, 0) is 16.1 Å². The van der Waals surface area contributed by atoms with Crippen LogP contribution in [-0.4, -0.2) is 52.0 Å². The van der Waals surface area contributed by atoms with E-state index in [9.17, 15) is 9.59 Å². The van der Waals surface area contributed by atoms with Gasteiger partial charge in [0.25, 0.3) is 5.91 Å². The number of aliphatic imine (C=N–C) groups is 1. The summed E-state index contributed by atoms with van der Waals surface area (Å²) in [5, 5.41) is 5.66. The smallest absolute Gasteiger partial charge is 0.254 e. The monoisotopic (exact) mass is 505 g/mol. The highest BCUT2D eigenvalue weighted by molar-refractivity contribution is 8.16. The topological polar surface area (TPSA) is 87.1 Å². The standard InChI is InChI=1S/C27H31N5O3S/c1-5-31(6-2)26(34)24-18(3)30-27-32(25(24)21-11-7-8-12-22(21)35-4)20(17-36-27)14-23(33)29-16-19-10-9-13-28-15-19/h7-13,15,17,25H,5-6,14,16H2,1-4H3,(H,29,33). The number of carbonyl (C=O) groups excluding carboxylic acids is 2. The van der Waals surface area contributed by atoms with Crippen molar-refractivity contribution in [2.75, 3.05) is 20.2 Å². The third kappa shape index (κ3) is 5.16. The summed E-state index contributed by atoms with van der Waals surface area (Å²) >= 11 is 1.46. The first-order valence-corrected chi connectivity index (χ1v) is 12.9. The van der Waals surface area contributed by atoms with Crippen LogP contribution in [0.5, 0.6) is 5.75 Å². The van der Waals surface area contributed by atoms with E-state index in [1.54, 1.807) is 24.4 Å². The van der Waals surface area contributed by atoms with Crippen LogP contribution >= 0.6 is 11.8 Å². The summed E-state index contributed by atoms with van der Waals surface area (Å²) in [6.45, 7) is 7.40. The molecule has 188 valence electrons. The van der Waals surface area contributed by atoms with Gasteiger partial charge in [-0.05, 0) is 43.9 Å². The second kappa shape index (κ2) is 11.4. The molecule has 1 aromatic heterocycles. The molecule has 2 aliphatic heterocycles. The minimum Gasteiger partial charge on any atom is -0.496 e. The Bertz CT molecular complexity index is 1220. The Morgan fingerprint density at radius 3 is 2.64 bits per heavy atom. The molecule has 0 saturated heterocycles. The zero-order chi connectivity index (χ0) is 25.7. The number of aromatic nitrogens is 1. The molecule has 1 aromatic carbocycles. The molecule has 0 saturated carbocycles. The van der Waals surface area contributed by atoms with Crippen LogP contribution in [0.15, 0.2) is 76.2 Å². The number of benzene rings is 1. The van der Waals surface area contributed by atoms with Crippen LogP contribution in [0, 0.1) is 0 Å². The minimum atomic E-state index is -0.464. The Morgan fingerprint density at radius 2 is 1.94 bits per heavy atom. The van der Waals surface area contributed by atoms with Gasteiger partial charge in [0.2, 0.25) is 5.91 Å². The van der Waals surface area contributed by atoms with Crippen LogP contribution in [0.1, 0.15) is 44.4 Å². The highest BCUT2D eigenvalue weighted by Crippen LogP contribution is 2.47. The van der Waals surface area contributed by atoms with E-state index in [4.69, 9.17) is 9.73 Å². The number of hydrogen-bond donors (Lipinski definition) is 1. The maximum Gasteiger partial charge on any atom is 0.254 e. The SMILES string of the molecule is CCN(CC)C(=O)C1=C(C)N=C2SC=C(CC(=O)NCc3cccnc3)N2C1c1ccccc1OC. The van der Waals surface area contributed by atoms with Gasteiger partial charge in [0.05, 0.1) is 30.8 Å². The van der Waals surface area contributed by atoms with E-state index in [0.29, 0.717) is 36.7 Å². The number of likely N-dealkylation sites (N-methyl/N-ethyl adjacent to an activating group) is 1. The van der Waals surface area contributed by atoms with Crippen molar-refractivity contribution in [3.63, 3.8) is 0 Å². The molecule has 8 nitrogen and oxygen atoms in total. The van der Waals surface area contributed by atoms with Crippen molar-refractivity contribution in [2.24, 2.45) is 4.99 Å². The fourth-order valence-corrected chi connectivity index (χ4v) is 5.41. The summed E-state index contributed by atoms with van der Waals surface area (Å²) in [6, 6.07) is 11.0. The third-order valence-electron chi connectivity index (χ3n) is 6.27. The van der Waals surface area contributed by atoms with Gasteiger partial charge >= 0.3 is 0 Å². The normalized spacial score (nSPS) is 16.8. The first-order valence-electron chi connectivity index (χ1n) is 12.0. The van der Waals surface area contributed by atoms with E-state index in [2.05, 4.69) is 10.3 Å². The van der Waals surface area contributed by atoms with Gasteiger partial charge < -0.3 is 19.9 Å². The first-order chi connectivity index (χ1) is 17.5. The molecule has 0 radical (unpaired) electrons. The summed E-state index contributed by atoms with van der Waals surface area (Å²) in [7, 11) is 1.63. The summed E-state index contributed by atoms with van der Waals surface area (Å²) in [5.41, 5.74) is 3.84. The van der Waals surface area contributed by atoms with Gasteiger partial charge in [-0.1, -0.05) is 36.0 Å². The predicted octanol–water partition coefficient (Wildman–Crippen LogP) is 4.24. The van der Waals surface area contributed by atoms with E-state index in [-0.39, 0.29) is 18.2 Å².